The molecule has 0 radical (unpaired) electrons. The molecule has 1 atom stereocenters. The number of hydrogen-bond acceptors (Lipinski definition) is 4. The topological polar surface area (TPSA) is 52.9 Å². The molecule has 2 heterocycles. The highest BCUT2D eigenvalue weighted by Gasteiger charge is 2.33. The Morgan fingerprint density at radius 2 is 2.67 bits per heavy atom. The van der Waals surface area contributed by atoms with Crippen LogP contribution in [0.4, 0.5) is 0 Å². The number of carboxylic acid groups (broad SMARTS) is 1. The summed E-state index contributed by atoms with van der Waals surface area (Å²) in [5.74, 6) is 0.166. The molecule has 2 aliphatic rings. The summed E-state index contributed by atoms with van der Waals surface area (Å²) in [6, 6.07) is 0.175. The highest BCUT2D eigenvalue weighted by atomic mass is 32.2. The van der Waals surface area contributed by atoms with E-state index in [-0.39, 0.29) is 12.5 Å². The molecule has 0 aromatic rings. The van der Waals surface area contributed by atoms with E-state index in [2.05, 4.69) is 9.89 Å². The van der Waals surface area contributed by atoms with Crippen LogP contribution in [-0.4, -0.2) is 46.0 Å². The highest BCUT2D eigenvalue weighted by molar-refractivity contribution is 8.14. The Morgan fingerprint density at radius 3 is 3.42 bits per heavy atom. The van der Waals surface area contributed by atoms with Crippen molar-refractivity contribution in [3.8, 4) is 0 Å². The molecule has 66 valence electrons. The number of aliphatic imine (C=N–C) groups is 1. The van der Waals surface area contributed by atoms with Crippen LogP contribution in [0.25, 0.3) is 0 Å². The van der Waals surface area contributed by atoms with E-state index in [1.807, 2.05) is 0 Å². The van der Waals surface area contributed by atoms with Crippen molar-refractivity contribution in [3.63, 3.8) is 0 Å². The van der Waals surface area contributed by atoms with Gasteiger partial charge in [-0.3, -0.25) is 9.79 Å². The molecule has 2 rings (SSSR count). The Bertz CT molecular complexity index is 242. The lowest BCUT2D eigenvalue weighted by atomic mass is 10.2. The van der Waals surface area contributed by atoms with Crippen molar-refractivity contribution in [1.29, 1.82) is 0 Å². The van der Waals surface area contributed by atoms with E-state index in [0.717, 1.165) is 24.0 Å². The van der Waals surface area contributed by atoms with E-state index in [9.17, 15) is 4.79 Å². The Labute approximate surface area is 74.7 Å². The number of carbonyl (C=O) groups is 1. The first-order valence-electron chi connectivity index (χ1n) is 3.93. The molecule has 1 saturated heterocycles. The molecular weight excluding hydrogens is 176 g/mol. The first kappa shape index (κ1) is 7.91. The molecule has 1 N–H and O–H groups in total. The Balaban J connectivity index is 2.01. The van der Waals surface area contributed by atoms with E-state index < -0.39 is 5.97 Å². The number of fused-ring (bicyclic) bond motifs is 1. The molecule has 0 aromatic heterocycles. The first-order chi connectivity index (χ1) is 5.77. The summed E-state index contributed by atoms with van der Waals surface area (Å²) in [5, 5.41) is 9.66. The second-order valence-electron chi connectivity index (χ2n) is 2.92. The standard InChI is InChI=1S/C7H10N2O2S/c10-6(11)3-5-4-12-7-8-1-2-9(5)7/h5H,1-4H2,(H,10,11). The molecular formula is C7H10N2O2S. The molecule has 4 nitrogen and oxygen atoms in total. The van der Waals surface area contributed by atoms with Crippen molar-refractivity contribution in [2.24, 2.45) is 4.99 Å². The molecule has 0 spiro atoms. The number of rotatable bonds is 2. The van der Waals surface area contributed by atoms with Gasteiger partial charge in [0.05, 0.1) is 19.0 Å². The van der Waals surface area contributed by atoms with Gasteiger partial charge in [-0.2, -0.15) is 0 Å². The van der Waals surface area contributed by atoms with Gasteiger partial charge in [-0.25, -0.2) is 0 Å². The van der Waals surface area contributed by atoms with Crippen molar-refractivity contribution in [1.82, 2.24) is 4.90 Å². The van der Waals surface area contributed by atoms with Crippen LogP contribution < -0.4 is 0 Å². The fourth-order valence-corrected chi connectivity index (χ4v) is 2.77. The van der Waals surface area contributed by atoms with Crippen LogP contribution in [0, 0.1) is 0 Å². The predicted molar refractivity (Wildman–Crippen MR) is 47.5 cm³/mol. The lowest BCUT2D eigenvalue weighted by molar-refractivity contribution is -0.137. The fraction of sp³-hybridized carbons (Fsp3) is 0.714. The SMILES string of the molecule is O=C(O)CC1CSC2=NCCN21. The quantitative estimate of drug-likeness (QED) is 0.671. The molecule has 12 heavy (non-hydrogen) atoms. The maximum atomic E-state index is 10.5. The summed E-state index contributed by atoms with van der Waals surface area (Å²) in [4.78, 5) is 16.8. The molecule has 5 heteroatoms. The molecule has 2 aliphatic heterocycles. The summed E-state index contributed by atoms with van der Waals surface area (Å²) in [6.45, 7) is 1.73. The lowest BCUT2D eigenvalue weighted by Crippen LogP contribution is -2.33. The van der Waals surface area contributed by atoms with Gasteiger partial charge in [-0.1, -0.05) is 11.8 Å². The highest BCUT2D eigenvalue weighted by Crippen LogP contribution is 2.28. The third kappa shape index (κ3) is 1.29. The van der Waals surface area contributed by atoms with Gasteiger partial charge >= 0.3 is 5.97 Å². The van der Waals surface area contributed by atoms with Gasteiger partial charge in [0, 0.05) is 12.3 Å². The Hall–Kier alpha value is -0.710. The summed E-state index contributed by atoms with van der Waals surface area (Å²) >= 11 is 1.68. The van der Waals surface area contributed by atoms with E-state index in [0.29, 0.717) is 0 Å². The normalized spacial score (nSPS) is 27.2. The number of hydrogen-bond donors (Lipinski definition) is 1. The smallest absolute Gasteiger partial charge is 0.305 e. The first-order valence-corrected chi connectivity index (χ1v) is 4.91. The van der Waals surface area contributed by atoms with Crippen LogP contribution in [-0.2, 0) is 4.79 Å². The van der Waals surface area contributed by atoms with E-state index in [4.69, 9.17) is 5.11 Å². The average molecular weight is 186 g/mol. The average Bonchev–Trinajstić information content (AvgIpc) is 2.52. The second kappa shape index (κ2) is 2.97. The number of aliphatic carboxylic acids is 1. The zero-order valence-electron chi connectivity index (χ0n) is 6.56. The molecule has 1 unspecified atom stereocenters. The Kier molecular flexibility index (Phi) is 1.96. The van der Waals surface area contributed by atoms with Crippen molar-refractivity contribution in [2.45, 2.75) is 12.5 Å². The lowest BCUT2D eigenvalue weighted by Gasteiger charge is -2.19. The van der Waals surface area contributed by atoms with Crippen molar-refractivity contribution >= 4 is 22.9 Å². The minimum atomic E-state index is -0.714. The summed E-state index contributed by atoms with van der Waals surface area (Å²) in [6.07, 6.45) is 0.242. The van der Waals surface area contributed by atoms with Crippen LogP contribution in [0.2, 0.25) is 0 Å². The maximum Gasteiger partial charge on any atom is 0.305 e. The number of thioether (sulfide) groups is 1. The van der Waals surface area contributed by atoms with Gasteiger partial charge in [-0.05, 0) is 0 Å². The van der Waals surface area contributed by atoms with Crippen LogP contribution in [0.3, 0.4) is 0 Å². The van der Waals surface area contributed by atoms with Crippen molar-refractivity contribution in [2.75, 3.05) is 18.8 Å². The molecule has 0 bridgehead atoms. The third-order valence-electron chi connectivity index (χ3n) is 2.09. The monoisotopic (exact) mass is 186 g/mol. The maximum absolute atomic E-state index is 10.5. The van der Waals surface area contributed by atoms with E-state index >= 15 is 0 Å². The van der Waals surface area contributed by atoms with Gasteiger partial charge in [0.1, 0.15) is 0 Å². The summed E-state index contributed by atoms with van der Waals surface area (Å²) in [7, 11) is 0. The third-order valence-corrected chi connectivity index (χ3v) is 3.26. The van der Waals surface area contributed by atoms with Gasteiger partial charge in [0.25, 0.3) is 0 Å². The fourth-order valence-electron chi connectivity index (χ4n) is 1.54. The Morgan fingerprint density at radius 1 is 1.83 bits per heavy atom. The number of nitrogens with zero attached hydrogens (tertiary/aromatic N) is 2. The largest absolute Gasteiger partial charge is 0.481 e. The summed E-state index contributed by atoms with van der Waals surface area (Å²) in [5.41, 5.74) is 0. The van der Waals surface area contributed by atoms with Gasteiger partial charge < -0.3 is 10.0 Å². The molecule has 0 aromatic carbocycles. The predicted octanol–water partition coefficient (Wildman–Crippen LogP) is 0.248. The van der Waals surface area contributed by atoms with Crippen LogP contribution in [0.5, 0.6) is 0 Å². The minimum absolute atomic E-state index is 0.175. The van der Waals surface area contributed by atoms with Gasteiger partial charge in [0.15, 0.2) is 5.17 Å². The minimum Gasteiger partial charge on any atom is -0.481 e. The van der Waals surface area contributed by atoms with Crippen molar-refractivity contribution < 1.29 is 9.90 Å². The second-order valence-corrected chi connectivity index (χ2v) is 3.91. The molecule has 1 fully saturated rings. The van der Waals surface area contributed by atoms with Crippen LogP contribution in [0.15, 0.2) is 4.99 Å². The van der Waals surface area contributed by atoms with Gasteiger partial charge in [-0.15, -0.1) is 0 Å². The van der Waals surface area contributed by atoms with Crippen molar-refractivity contribution in [3.05, 3.63) is 0 Å². The van der Waals surface area contributed by atoms with Crippen LogP contribution in [0.1, 0.15) is 6.42 Å². The zero-order valence-corrected chi connectivity index (χ0v) is 7.38. The van der Waals surface area contributed by atoms with E-state index in [1.54, 1.807) is 11.8 Å². The molecule has 0 amide bonds. The molecule has 0 saturated carbocycles. The number of carboxylic acids is 1. The molecule has 0 aliphatic carbocycles. The van der Waals surface area contributed by atoms with Gasteiger partial charge in [0.2, 0.25) is 0 Å². The summed E-state index contributed by atoms with van der Waals surface area (Å²) < 4.78 is 0. The zero-order chi connectivity index (χ0) is 8.55. The number of amidine groups is 1. The van der Waals surface area contributed by atoms with Crippen LogP contribution >= 0.6 is 11.8 Å². The van der Waals surface area contributed by atoms with E-state index in [1.165, 1.54) is 0 Å².